The summed E-state index contributed by atoms with van der Waals surface area (Å²) in [4.78, 5) is 11.2. The Bertz CT molecular complexity index is 535. The van der Waals surface area contributed by atoms with E-state index in [1.807, 2.05) is 0 Å². The highest BCUT2D eigenvalue weighted by molar-refractivity contribution is 7.89. The molecule has 0 bridgehead atoms. The molecule has 1 aromatic carbocycles. The monoisotopic (exact) mass is 240 g/mol. The summed E-state index contributed by atoms with van der Waals surface area (Å²) in [7, 11) is -3.85. The van der Waals surface area contributed by atoms with Crippen LogP contribution in [0.5, 0.6) is 0 Å². The zero-order valence-corrected chi connectivity index (χ0v) is 9.54. The Kier molecular flexibility index (Phi) is 3.46. The summed E-state index contributed by atoms with van der Waals surface area (Å²) >= 11 is 0. The van der Waals surface area contributed by atoms with E-state index < -0.39 is 15.9 Å². The number of primary sulfonamides is 1. The van der Waals surface area contributed by atoms with Gasteiger partial charge in [0, 0.05) is 5.57 Å². The third-order valence-electron chi connectivity index (χ3n) is 1.83. The summed E-state index contributed by atoms with van der Waals surface area (Å²) in [6.45, 7) is 4.97. The van der Waals surface area contributed by atoms with Gasteiger partial charge in [-0.2, -0.15) is 0 Å². The van der Waals surface area contributed by atoms with Crippen molar-refractivity contribution in [3.8, 4) is 0 Å². The van der Waals surface area contributed by atoms with Crippen LogP contribution < -0.4 is 10.5 Å². The van der Waals surface area contributed by atoms with E-state index in [-0.39, 0.29) is 16.2 Å². The molecule has 1 amide bonds. The lowest BCUT2D eigenvalue weighted by Crippen LogP contribution is -2.18. The van der Waals surface area contributed by atoms with Crippen LogP contribution in [0.3, 0.4) is 0 Å². The molecule has 0 radical (unpaired) electrons. The minimum absolute atomic E-state index is 0.121. The van der Waals surface area contributed by atoms with Crippen LogP contribution in [0.25, 0.3) is 0 Å². The number of hydrogen-bond donors (Lipinski definition) is 2. The quantitative estimate of drug-likeness (QED) is 0.767. The molecule has 6 heteroatoms. The average Bonchev–Trinajstić information content (AvgIpc) is 2.16. The van der Waals surface area contributed by atoms with Gasteiger partial charge in [0.2, 0.25) is 10.0 Å². The number of rotatable bonds is 3. The van der Waals surface area contributed by atoms with Gasteiger partial charge in [-0.1, -0.05) is 18.7 Å². The van der Waals surface area contributed by atoms with Crippen molar-refractivity contribution in [3.63, 3.8) is 0 Å². The zero-order chi connectivity index (χ0) is 12.3. The lowest BCUT2D eigenvalue weighted by atomic mass is 10.3. The summed E-state index contributed by atoms with van der Waals surface area (Å²) in [6.07, 6.45) is 0. The Morgan fingerprint density at radius 2 is 1.94 bits per heavy atom. The highest BCUT2D eigenvalue weighted by Gasteiger charge is 2.14. The third-order valence-corrected chi connectivity index (χ3v) is 2.80. The van der Waals surface area contributed by atoms with Gasteiger partial charge in [-0.25, -0.2) is 13.6 Å². The minimum Gasteiger partial charge on any atom is -0.321 e. The minimum atomic E-state index is -3.85. The maximum absolute atomic E-state index is 11.3. The van der Waals surface area contributed by atoms with Gasteiger partial charge in [-0.05, 0) is 19.1 Å². The van der Waals surface area contributed by atoms with Crippen molar-refractivity contribution < 1.29 is 13.2 Å². The molecule has 3 N–H and O–H groups in total. The normalized spacial score (nSPS) is 10.9. The maximum atomic E-state index is 11.3. The lowest BCUT2D eigenvalue weighted by Gasteiger charge is -2.08. The number of benzene rings is 1. The fraction of sp³-hybridized carbons (Fsp3) is 0.100. The topological polar surface area (TPSA) is 89.3 Å². The van der Waals surface area contributed by atoms with Crippen molar-refractivity contribution >= 4 is 21.6 Å². The van der Waals surface area contributed by atoms with Gasteiger partial charge in [-0.3, -0.25) is 4.79 Å². The van der Waals surface area contributed by atoms with Crippen molar-refractivity contribution in [2.45, 2.75) is 11.8 Å². The van der Waals surface area contributed by atoms with Crippen LogP contribution in [0.2, 0.25) is 0 Å². The van der Waals surface area contributed by atoms with E-state index in [2.05, 4.69) is 11.9 Å². The number of nitrogens with two attached hydrogens (primary N) is 1. The summed E-state index contributed by atoms with van der Waals surface area (Å²) < 4.78 is 22.4. The fourth-order valence-electron chi connectivity index (χ4n) is 1.05. The van der Waals surface area contributed by atoms with Gasteiger partial charge in [0.25, 0.3) is 5.91 Å². The molecule has 0 unspecified atom stereocenters. The second-order valence-electron chi connectivity index (χ2n) is 3.28. The van der Waals surface area contributed by atoms with E-state index in [0.29, 0.717) is 0 Å². The molecule has 1 aromatic rings. The van der Waals surface area contributed by atoms with Crippen molar-refractivity contribution in [2.24, 2.45) is 5.14 Å². The summed E-state index contributed by atoms with van der Waals surface area (Å²) in [5.41, 5.74) is 0.433. The number of hydrogen-bond acceptors (Lipinski definition) is 3. The number of carbonyl (C=O) groups is 1. The first kappa shape index (κ1) is 12.4. The first-order valence-corrected chi connectivity index (χ1v) is 5.95. The van der Waals surface area contributed by atoms with E-state index in [4.69, 9.17) is 5.14 Å². The number of carbonyl (C=O) groups excluding carboxylic acids is 1. The third kappa shape index (κ3) is 2.91. The summed E-state index contributed by atoms with van der Waals surface area (Å²) in [5.74, 6) is -0.448. The predicted octanol–water partition coefficient (Wildman–Crippen LogP) is 0.849. The van der Waals surface area contributed by atoms with Gasteiger partial charge < -0.3 is 5.32 Å². The van der Waals surface area contributed by atoms with Crippen LogP contribution >= 0.6 is 0 Å². The molecular weight excluding hydrogens is 228 g/mol. The van der Waals surface area contributed by atoms with Gasteiger partial charge in [0.15, 0.2) is 0 Å². The van der Waals surface area contributed by atoms with Crippen molar-refractivity contribution in [3.05, 3.63) is 36.4 Å². The van der Waals surface area contributed by atoms with Crippen molar-refractivity contribution in [1.29, 1.82) is 0 Å². The number of sulfonamides is 1. The molecule has 5 nitrogen and oxygen atoms in total. The maximum Gasteiger partial charge on any atom is 0.250 e. The molecule has 0 aromatic heterocycles. The average molecular weight is 240 g/mol. The SMILES string of the molecule is C=C(C)C(=O)Nc1ccccc1S(N)(=O)=O. The fourth-order valence-corrected chi connectivity index (χ4v) is 1.74. The molecule has 0 spiro atoms. The molecule has 0 saturated heterocycles. The van der Waals surface area contributed by atoms with Gasteiger partial charge in [0.05, 0.1) is 5.69 Å². The van der Waals surface area contributed by atoms with Gasteiger partial charge in [-0.15, -0.1) is 0 Å². The Balaban J connectivity index is 3.16. The van der Waals surface area contributed by atoms with Gasteiger partial charge in [0.1, 0.15) is 4.90 Å². The van der Waals surface area contributed by atoms with Crippen LogP contribution in [0.15, 0.2) is 41.3 Å². The molecule has 0 aliphatic heterocycles. The number of amides is 1. The molecule has 16 heavy (non-hydrogen) atoms. The first-order chi connectivity index (χ1) is 7.32. The standard InChI is InChI=1S/C10H12N2O3S/c1-7(2)10(13)12-8-5-3-4-6-9(8)16(11,14)15/h3-6H,1H2,2H3,(H,12,13)(H2,11,14,15). The van der Waals surface area contributed by atoms with Crippen molar-refractivity contribution in [1.82, 2.24) is 0 Å². The van der Waals surface area contributed by atoms with E-state index in [0.717, 1.165) is 0 Å². The molecule has 0 aliphatic rings. The van der Waals surface area contributed by atoms with Crippen LogP contribution in [-0.4, -0.2) is 14.3 Å². The Morgan fingerprint density at radius 3 is 2.44 bits per heavy atom. The molecule has 0 aliphatic carbocycles. The Morgan fingerprint density at radius 1 is 1.38 bits per heavy atom. The summed E-state index contributed by atoms with van der Waals surface area (Å²) in [5, 5.41) is 7.43. The Labute approximate surface area is 94.0 Å². The molecule has 0 saturated carbocycles. The van der Waals surface area contributed by atoms with E-state index in [1.54, 1.807) is 6.07 Å². The smallest absolute Gasteiger partial charge is 0.250 e. The van der Waals surface area contributed by atoms with Crippen LogP contribution in [0.1, 0.15) is 6.92 Å². The van der Waals surface area contributed by atoms with Crippen LogP contribution in [0.4, 0.5) is 5.69 Å². The Hall–Kier alpha value is -1.66. The van der Waals surface area contributed by atoms with Crippen LogP contribution in [-0.2, 0) is 14.8 Å². The van der Waals surface area contributed by atoms with E-state index in [9.17, 15) is 13.2 Å². The summed E-state index contributed by atoms with van der Waals surface area (Å²) in [6, 6.07) is 5.91. The number of nitrogens with one attached hydrogen (secondary N) is 1. The molecular formula is C10H12N2O3S. The lowest BCUT2D eigenvalue weighted by molar-refractivity contribution is -0.112. The molecule has 86 valence electrons. The number of para-hydroxylation sites is 1. The highest BCUT2D eigenvalue weighted by atomic mass is 32.2. The first-order valence-electron chi connectivity index (χ1n) is 4.41. The highest BCUT2D eigenvalue weighted by Crippen LogP contribution is 2.19. The molecule has 0 atom stereocenters. The zero-order valence-electron chi connectivity index (χ0n) is 8.73. The second-order valence-corrected chi connectivity index (χ2v) is 4.81. The van der Waals surface area contributed by atoms with Crippen LogP contribution in [0, 0.1) is 0 Å². The van der Waals surface area contributed by atoms with E-state index >= 15 is 0 Å². The van der Waals surface area contributed by atoms with Crippen molar-refractivity contribution in [2.75, 3.05) is 5.32 Å². The predicted molar refractivity (Wildman–Crippen MR) is 61.3 cm³/mol. The second kappa shape index (κ2) is 4.46. The molecule has 0 heterocycles. The molecule has 0 fully saturated rings. The molecule has 1 rings (SSSR count). The number of anilines is 1. The van der Waals surface area contributed by atoms with Gasteiger partial charge >= 0.3 is 0 Å². The van der Waals surface area contributed by atoms with E-state index in [1.165, 1.54) is 25.1 Å². The largest absolute Gasteiger partial charge is 0.321 e.